The normalized spacial score (nSPS) is 22.2. The predicted octanol–water partition coefficient (Wildman–Crippen LogP) is 1.67. The molecule has 2 aromatic rings. The van der Waals surface area contributed by atoms with Gasteiger partial charge in [0.15, 0.2) is 5.82 Å². The van der Waals surface area contributed by atoms with Gasteiger partial charge in [-0.15, -0.1) is 5.10 Å². The van der Waals surface area contributed by atoms with Gasteiger partial charge in [0.25, 0.3) is 0 Å². The van der Waals surface area contributed by atoms with Gasteiger partial charge in [-0.3, -0.25) is 0 Å². The maximum absolute atomic E-state index is 6.21. The standard InChI is InChI=1S/C17H22N6O/c1-13-3-4-15(22-21-13)23-11-17(12-23)6-5-14(10-24-17)9-20-16-18-7-2-8-19-16/h2-4,7-8,14H,5-6,9-12H2,1H3,(H,18,19,20)/t14-/m1/s1. The van der Waals surface area contributed by atoms with Crippen molar-refractivity contribution in [3.05, 3.63) is 36.3 Å². The number of hydrogen-bond acceptors (Lipinski definition) is 7. The van der Waals surface area contributed by atoms with Gasteiger partial charge in [-0.2, -0.15) is 5.10 Å². The van der Waals surface area contributed by atoms with Crippen molar-refractivity contribution in [2.75, 3.05) is 36.5 Å². The molecule has 0 saturated carbocycles. The molecule has 2 aromatic heterocycles. The number of anilines is 2. The van der Waals surface area contributed by atoms with Crippen LogP contribution in [0.15, 0.2) is 30.6 Å². The number of rotatable bonds is 4. The number of hydrogen-bond donors (Lipinski definition) is 1. The molecule has 7 nitrogen and oxygen atoms in total. The van der Waals surface area contributed by atoms with Crippen molar-refractivity contribution in [1.29, 1.82) is 0 Å². The minimum atomic E-state index is 0.00626. The maximum Gasteiger partial charge on any atom is 0.222 e. The number of aryl methyl sites for hydroxylation is 1. The molecule has 2 aliphatic heterocycles. The Morgan fingerprint density at radius 1 is 1.25 bits per heavy atom. The van der Waals surface area contributed by atoms with E-state index in [-0.39, 0.29) is 5.60 Å². The Balaban J connectivity index is 1.24. The highest BCUT2D eigenvalue weighted by molar-refractivity contribution is 5.43. The first kappa shape index (κ1) is 15.3. The molecule has 1 spiro atoms. The maximum atomic E-state index is 6.21. The Labute approximate surface area is 141 Å². The second kappa shape index (κ2) is 6.32. The first-order valence-electron chi connectivity index (χ1n) is 8.43. The van der Waals surface area contributed by atoms with Gasteiger partial charge < -0.3 is 15.0 Å². The summed E-state index contributed by atoms with van der Waals surface area (Å²) in [5, 5.41) is 11.7. The number of nitrogens with one attached hydrogen (secondary N) is 1. The summed E-state index contributed by atoms with van der Waals surface area (Å²) in [6, 6.07) is 5.85. The van der Waals surface area contributed by atoms with Crippen LogP contribution in [-0.2, 0) is 4.74 Å². The average molecular weight is 326 g/mol. The first-order valence-corrected chi connectivity index (χ1v) is 8.43. The van der Waals surface area contributed by atoms with E-state index in [1.54, 1.807) is 12.4 Å². The minimum Gasteiger partial charge on any atom is -0.371 e. The van der Waals surface area contributed by atoms with Gasteiger partial charge in [-0.05, 0) is 43.9 Å². The Hall–Kier alpha value is -2.28. The third-order valence-corrected chi connectivity index (χ3v) is 4.81. The molecule has 1 atom stereocenters. The lowest BCUT2D eigenvalue weighted by molar-refractivity contribution is -0.113. The summed E-state index contributed by atoms with van der Waals surface area (Å²) in [4.78, 5) is 10.6. The van der Waals surface area contributed by atoms with Crippen molar-refractivity contribution in [3.63, 3.8) is 0 Å². The van der Waals surface area contributed by atoms with Crippen LogP contribution in [0.1, 0.15) is 18.5 Å². The summed E-state index contributed by atoms with van der Waals surface area (Å²) in [6.07, 6.45) is 5.75. The Morgan fingerprint density at radius 2 is 2.08 bits per heavy atom. The fraction of sp³-hybridized carbons (Fsp3) is 0.529. The van der Waals surface area contributed by atoms with Crippen LogP contribution in [0.3, 0.4) is 0 Å². The van der Waals surface area contributed by atoms with Crippen molar-refractivity contribution in [2.45, 2.75) is 25.4 Å². The van der Waals surface area contributed by atoms with Crippen LogP contribution in [0.4, 0.5) is 11.8 Å². The van der Waals surface area contributed by atoms with Gasteiger partial charge in [0.1, 0.15) is 5.60 Å². The van der Waals surface area contributed by atoms with Gasteiger partial charge >= 0.3 is 0 Å². The van der Waals surface area contributed by atoms with E-state index in [9.17, 15) is 0 Å². The molecule has 126 valence electrons. The van der Waals surface area contributed by atoms with Crippen molar-refractivity contribution in [1.82, 2.24) is 20.2 Å². The Morgan fingerprint density at radius 3 is 2.75 bits per heavy atom. The highest BCUT2D eigenvalue weighted by Crippen LogP contribution is 2.37. The van der Waals surface area contributed by atoms with E-state index >= 15 is 0 Å². The molecule has 0 radical (unpaired) electrons. The van der Waals surface area contributed by atoms with Crippen LogP contribution >= 0.6 is 0 Å². The number of nitrogens with zero attached hydrogens (tertiary/aromatic N) is 5. The Bertz CT molecular complexity index is 661. The smallest absolute Gasteiger partial charge is 0.222 e. The zero-order chi connectivity index (χ0) is 16.4. The number of aromatic nitrogens is 4. The molecule has 0 bridgehead atoms. The van der Waals surface area contributed by atoms with Crippen LogP contribution in [0.25, 0.3) is 0 Å². The quantitative estimate of drug-likeness (QED) is 0.916. The lowest BCUT2D eigenvalue weighted by Gasteiger charge is -2.53. The molecule has 24 heavy (non-hydrogen) atoms. The molecule has 1 N–H and O–H groups in total. The van der Waals surface area contributed by atoms with E-state index in [2.05, 4.69) is 30.4 Å². The molecule has 0 amide bonds. The molecular weight excluding hydrogens is 304 g/mol. The molecular formula is C17H22N6O. The van der Waals surface area contributed by atoms with Gasteiger partial charge in [0, 0.05) is 18.9 Å². The van der Waals surface area contributed by atoms with Gasteiger partial charge in [0.05, 0.1) is 25.4 Å². The minimum absolute atomic E-state index is 0.00626. The van der Waals surface area contributed by atoms with E-state index in [1.807, 2.05) is 25.1 Å². The highest BCUT2D eigenvalue weighted by Gasteiger charge is 2.47. The molecule has 4 rings (SSSR count). The first-order chi connectivity index (χ1) is 11.7. The molecule has 0 aliphatic carbocycles. The van der Waals surface area contributed by atoms with Crippen molar-refractivity contribution in [2.24, 2.45) is 5.92 Å². The summed E-state index contributed by atoms with van der Waals surface area (Å²) in [6.45, 7) is 5.41. The summed E-state index contributed by atoms with van der Waals surface area (Å²) in [5.74, 6) is 2.14. The monoisotopic (exact) mass is 326 g/mol. The lowest BCUT2D eigenvalue weighted by atomic mass is 9.83. The highest BCUT2D eigenvalue weighted by atomic mass is 16.5. The molecule has 7 heteroatoms. The summed E-state index contributed by atoms with van der Waals surface area (Å²) >= 11 is 0. The SMILES string of the molecule is Cc1ccc(N2CC3(CC[C@H](CNc4ncccn4)CO3)C2)nn1. The van der Waals surface area contributed by atoms with Crippen LogP contribution < -0.4 is 10.2 Å². The molecule has 4 heterocycles. The van der Waals surface area contributed by atoms with E-state index in [0.29, 0.717) is 11.9 Å². The topological polar surface area (TPSA) is 76.1 Å². The zero-order valence-corrected chi connectivity index (χ0v) is 13.9. The molecule has 2 fully saturated rings. The zero-order valence-electron chi connectivity index (χ0n) is 13.9. The van der Waals surface area contributed by atoms with Crippen LogP contribution in [-0.4, -0.2) is 52.0 Å². The fourth-order valence-corrected chi connectivity index (χ4v) is 3.33. The van der Waals surface area contributed by atoms with E-state index in [4.69, 9.17) is 4.74 Å². The van der Waals surface area contributed by atoms with Crippen molar-refractivity contribution in [3.8, 4) is 0 Å². The summed E-state index contributed by atoms with van der Waals surface area (Å²) < 4.78 is 6.21. The fourth-order valence-electron chi connectivity index (χ4n) is 3.33. The lowest BCUT2D eigenvalue weighted by Crippen LogP contribution is -2.65. The predicted molar refractivity (Wildman–Crippen MR) is 90.9 cm³/mol. The van der Waals surface area contributed by atoms with E-state index in [1.165, 1.54) is 0 Å². The molecule has 0 unspecified atom stereocenters. The third-order valence-electron chi connectivity index (χ3n) is 4.81. The number of ether oxygens (including phenoxy) is 1. The van der Waals surface area contributed by atoms with Gasteiger partial charge in [-0.1, -0.05) is 0 Å². The van der Waals surface area contributed by atoms with E-state index < -0.39 is 0 Å². The Kier molecular flexibility index (Phi) is 4.02. The van der Waals surface area contributed by atoms with Crippen molar-refractivity contribution >= 4 is 11.8 Å². The largest absolute Gasteiger partial charge is 0.371 e. The van der Waals surface area contributed by atoms with Gasteiger partial charge in [0.2, 0.25) is 5.95 Å². The van der Waals surface area contributed by atoms with Crippen LogP contribution in [0.5, 0.6) is 0 Å². The third kappa shape index (κ3) is 3.17. The molecule has 2 saturated heterocycles. The van der Waals surface area contributed by atoms with E-state index in [0.717, 1.165) is 50.6 Å². The van der Waals surface area contributed by atoms with Crippen LogP contribution in [0.2, 0.25) is 0 Å². The molecule has 0 aromatic carbocycles. The van der Waals surface area contributed by atoms with Gasteiger partial charge in [-0.25, -0.2) is 9.97 Å². The van der Waals surface area contributed by atoms with Crippen molar-refractivity contribution < 1.29 is 4.74 Å². The summed E-state index contributed by atoms with van der Waals surface area (Å²) in [5.41, 5.74) is 0.951. The second-order valence-corrected chi connectivity index (χ2v) is 6.74. The summed E-state index contributed by atoms with van der Waals surface area (Å²) in [7, 11) is 0. The average Bonchev–Trinajstić information content (AvgIpc) is 2.60. The van der Waals surface area contributed by atoms with Crippen LogP contribution in [0, 0.1) is 12.8 Å². The molecule has 2 aliphatic rings. The second-order valence-electron chi connectivity index (χ2n) is 6.74.